The first-order valence-corrected chi connectivity index (χ1v) is 4.90. The maximum absolute atomic E-state index is 10.3. The molecule has 0 amide bonds. The quantitative estimate of drug-likeness (QED) is 0.466. The van der Waals surface area contributed by atoms with Crippen molar-refractivity contribution in [2.24, 2.45) is 0 Å². The fraction of sp³-hybridized carbons (Fsp3) is 1.00. The molecule has 0 aliphatic heterocycles. The van der Waals surface area contributed by atoms with E-state index in [1.54, 1.807) is 0 Å². The first-order valence-electron chi connectivity index (χ1n) is 4.90. The second-order valence-electron chi connectivity index (χ2n) is 3.76. The number of hydrogen-bond donors (Lipinski definition) is 2. The van der Waals surface area contributed by atoms with Crippen LogP contribution in [0.15, 0.2) is 0 Å². The molecule has 0 rings (SSSR count). The Labute approximate surface area is 92.2 Å². The molecule has 0 radical (unpaired) electrons. The zero-order valence-electron chi connectivity index (χ0n) is 9.15. The Morgan fingerprint density at radius 3 is 1.38 bits per heavy atom. The molecule has 0 aromatic carbocycles. The van der Waals surface area contributed by atoms with Crippen LogP contribution in [0.2, 0.25) is 0 Å². The maximum atomic E-state index is 10.3. The standard InChI is InChI=1S/C8H16N2O6/c1-5(9(13)14)7(11)3-4-8(12)6(2)10(15)16/h5-8,11-12H,3-4H2,1-2H3/t5-,6+,7-,8+. The zero-order valence-corrected chi connectivity index (χ0v) is 9.15. The van der Waals surface area contributed by atoms with Crippen molar-refractivity contribution in [2.75, 3.05) is 0 Å². The summed E-state index contributed by atoms with van der Waals surface area (Å²) in [6.07, 6.45) is -2.49. The Morgan fingerprint density at radius 2 is 1.19 bits per heavy atom. The summed E-state index contributed by atoms with van der Waals surface area (Å²) in [4.78, 5) is 19.3. The van der Waals surface area contributed by atoms with E-state index in [1.165, 1.54) is 13.8 Å². The molecule has 0 bridgehead atoms. The van der Waals surface area contributed by atoms with Crippen LogP contribution in [-0.2, 0) is 0 Å². The van der Waals surface area contributed by atoms with E-state index in [2.05, 4.69) is 0 Å². The highest BCUT2D eigenvalue weighted by Crippen LogP contribution is 2.11. The third kappa shape index (κ3) is 4.49. The van der Waals surface area contributed by atoms with Gasteiger partial charge in [-0.3, -0.25) is 20.2 Å². The lowest BCUT2D eigenvalue weighted by Crippen LogP contribution is -2.35. The summed E-state index contributed by atoms with van der Waals surface area (Å²) < 4.78 is 0. The van der Waals surface area contributed by atoms with Crippen molar-refractivity contribution in [3.05, 3.63) is 20.2 Å². The molecule has 0 saturated heterocycles. The molecule has 0 aromatic heterocycles. The van der Waals surface area contributed by atoms with E-state index < -0.39 is 34.1 Å². The van der Waals surface area contributed by atoms with Gasteiger partial charge in [0.05, 0.1) is 0 Å². The van der Waals surface area contributed by atoms with E-state index in [0.717, 1.165) is 0 Å². The first-order chi connectivity index (χ1) is 7.27. The molecular weight excluding hydrogens is 220 g/mol. The van der Waals surface area contributed by atoms with Crippen molar-refractivity contribution >= 4 is 0 Å². The summed E-state index contributed by atoms with van der Waals surface area (Å²) >= 11 is 0. The normalized spacial score (nSPS) is 18.5. The Hall–Kier alpha value is -1.28. The van der Waals surface area contributed by atoms with E-state index in [9.17, 15) is 30.4 Å². The lowest BCUT2D eigenvalue weighted by atomic mass is 10.0. The highest BCUT2D eigenvalue weighted by Gasteiger charge is 2.28. The van der Waals surface area contributed by atoms with Gasteiger partial charge < -0.3 is 10.2 Å². The van der Waals surface area contributed by atoms with Crippen LogP contribution >= 0.6 is 0 Å². The molecule has 0 aromatic rings. The van der Waals surface area contributed by atoms with Crippen molar-refractivity contribution in [3.63, 3.8) is 0 Å². The Kier molecular flexibility index (Phi) is 5.83. The number of rotatable bonds is 7. The van der Waals surface area contributed by atoms with Gasteiger partial charge in [-0.15, -0.1) is 0 Å². The molecule has 94 valence electrons. The van der Waals surface area contributed by atoms with Gasteiger partial charge in [0.15, 0.2) is 0 Å². The first kappa shape index (κ1) is 14.7. The zero-order chi connectivity index (χ0) is 12.9. The van der Waals surface area contributed by atoms with Crippen molar-refractivity contribution < 1.29 is 20.1 Å². The molecule has 0 spiro atoms. The van der Waals surface area contributed by atoms with Crippen LogP contribution in [-0.4, -0.2) is 44.4 Å². The molecule has 8 nitrogen and oxygen atoms in total. The molecule has 0 aliphatic carbocycles. The molecule has 2 N–H and O–H groups in total. The summed E-state index contributed by atoms with van der Waals surface area (Å²) in [6, 6.07) is -2.28. The number of aliphatic hydroxyl groups excluding tert-OH is 2. The minimum Gasteiger partial charge on any atom is -0.386 e. The van der Waals surface area contributed by atoms with Crippen molar-refractivity contribution in [1.82, 2.24) is 0 Å². The second-order valence-corrected chi connectivity index (χ2v) is 3.76. The topological polar surface area (TPSA) is 127 Å². The molecule has 8 heteroatoms. The molecule has 0 heterocycles. The largest absolute Gasteiger partial charge is 0.386 e. The van der Waals surface area contributed by atoms with E-state index in [0.29, 0.717) is 0 Å². The predicted molar refractivity (Wildman–Crippen MR) is 54.2 cm³/mol. The number of aliphatic hydroxyl groups is 2. The summed E-state index contributed by atoms with van der Waals surface area (Å²) in [5.41, 5.74) is 0. The fourth-order valence-corrected chi connectivity index (χ4v) is 1.10. The van der Waals surface area contributed by atoms with Crippen LogP contribution in [0, 0.1) is 20.2 Å². The monoisotopic (exact) mass is 236 g/mol. The lowest BCUT2D eigenvalue weighted by Gasteiger charge is -2.15. The third-order valence-corrected chi connectivity index (χ3v) is 2.54. The van der Waals surface area contributed by atoms with Crippen LogP contribution in [0.5, 0.6) is 0 Å². The van der Waals surface area contributed by atoms with E-state index in [-0.39, 0.29) is 12.8 Å². The average Bonchev–Trinajstić information content (AvgIpc) is 2.22. The van der Waals surface area contributed by atoms with Crippen LogP contribution in [0.1, 0.15) is 26.7 Å². The van der Waals surface area contributed by atoms with Gasteiger partial charge in [-0.2, -0.15) is 0 Å². The van der Waals surface area contributed by atoms with Gasteiger partial charge >= 0.3 is 0 Å². The van der Waals surface area contributed by atoms with E-state index in [4.69, 9.17) is 0 Å². The average molecular weight is 236 g/mol. The number of hydrogen-bond acceptors (Lipinski definition) is 6. The number of nitro groups is 2. The van der Waals surface area contributed by atoms with Gasteiger partial charge in [0, 0.05) is 23.7 Å². The SMILES string of the molecule is C[C@H]([C@H](O)CC[C@H](O)[C@H](C)[N+](=O)[O-])[N+](=O)[O-]. The Bertz CT molecular complexity index is 233. The number of nitrogens with zero attached hydrogens (tertiary/aromatic N) is 2. The molecule has 0 unspecified atom stereocenters. The van der Waals surface area contributed by atoms with Gasteiger partial charge in [-0.1, -0.05) is 0 Å². The highest BCUT2D eigenvalue weighted by atomic mass is 16.6. The summed E-state index contributed by atoms with van der Waals surface area (Å²) in [5, 5.41) is 39.3. The Morgan fingerprint density at radius 1 is 0.938 bits per heavy atom. The lowest BCUT2D eigenvalue weighted by molar-refractivity contribution is -0.533. The molecular formula is C8H16N2O6. The van der Waals surface area contributed by atoms with Crippen LogP contribution in [0.4, 0.5) is 0 Å². The molecule has 0 saturated carbocycles. The molecule has 0 fully saturated rings. The van der Waals surface area contributed by atoms with E-state index >= 15 is 0 Å². The predicted octanol–water partition coefficient (Wildman–Crippen LogP) is -0.181. The molecule has 4 atom stereocenters. The summed E-state index contributed by atoms with van der Waals surface area (Å²) in [6.45, 7) is 2.49. The van der Waals surface area contributed by atoms with Crippen molar-refractivity contribution in [2.45, 2.75) is 51.0 Å². The summed E-state index contributed by atoms with van der Waals surface area (Å²) in [7, 11) is 0. The van der Waals surface area contributed by atoms with Crippen molar-refractivity contribution in [1.29, 1.82) is 0 Å². The van der Waals surface area contributed by atoms with Gasteiger partial charge in [-0.25, -0.2) is 0 Å². The minimum atomic E-state index is -1.20. The van der Waals surface area contributed by atoms with Crippen LogP contribution in [0.3, 0.4) is 0 Å². The van der Waals surface area contributed by atoms with Crippen LogP contribution in [0.25, 0.3) is 0 Å². The minimum absolute atomic E-state index is 0.0402. The highest BCUT2D eigenvalue weighted by molar-refractivity contribution is 4.69. The third-order valence-electron chi connectivity index (χ3n) is 2.54. The van der Waals surface area contributed by atoms with Gasteiger partial charge in [0.1, 0.15) is 12.2 Å². The van der Waals surface area contributed by atoms with Gasteiger partial charge in [0.25, 0.3) is 0 Å². The van der Waals surface area contributed by atoms with Crippen molar-refractivity contribution in [3.8, 4) is 0 Å². The molecule has 0 aliphatic rings. The van der Waals surface area contributed by atoms with Crippen LogP contribution < -0.4 is 0 Å². The smallest absolute Gasteiger partial charge is 0.235 e. The maximum Gasteiger partial charge on any atom is 0.235 e. The van der Waals surface area contributed by atoms with Gasteiger partial charge in [-0.05, 0) is 12.8 Å². The second kappa shape index (κ2) is 6.33. The fourth-order valence-electron chi connectivity index (χ4n) is 1.10. The van der Waals surface area contributed by atoms with Gasteiger partial charge in [0.2, 0.25) is 12.1 Å². The molecule has 16 heavy (non-hydrogen) atoms. The summed E-state index contributed by atoms with van der Waals surface area (Å²) in [5.74, 6) is 0. The van der Waals surface area contributed by atoms with E-state index in [1.807, 2.05) is 0 Å². The Balaban J connectivity index is 4.05.